The van der Waals surface area contributed by atoms with Crippen molar-refractivity contribution < 1.29 is 9.53 Å². The summed E-state index contributed by atoms with van der Waals surface area (Å²) in [6.07, 6.45) is 7.27. The number of para-hydroxylation sites is 2. The molecule has 6 rings (SSSR count). The molecule has 1 aliphatic heterocycles. The van der Waals surface area contributed by atoms with E-state index < -0.39 is 0 Å². The van der Waals surface area contributed by atoms with Crippen molar-refractivity contribution in [3.63, 3.8) is 0 Å². The normalized spacial score (nSPS) is 13.8. The van der Waals surface area contributed by atoms with Gasteiger partial charge in [0.1, 0.15) is 17.9 Å². The summed E-state index contributed by atoms with van der Waals surface area (Å²) < 4.78 is 7.75. The van der Waals surface area contributed by atoms with Gasteiger partial charge in [0, 0.05) is 44.0 Å². The number of piperazine rings is 1. The van der Waals surface area contributed by atoms with Gasteiger partial charge in [0.15, 0.2) is 5.65 Å². The Kier molecular flexibility index (Phi) is 6.78. The molecule has 7 heteroatoms. The van der Waals surface area contributed by atoms with Crippen LogP contribution in [0.4, 0.5) is 5.82 Å². The molecule has 1 saturated heterocycles. The minimum absolute atomic E-state index is 0.0265. The number of benzene rings is 3. The Morgan fingerprint density at radius 1 is 0.846 bits per heavy atom. The first-order chi connectivity index (χ1) is 19.2. The number of rotatable bonds is 6. The second-order valence-electron chi connectivity index (χ2n) is 9.40. The second kappa shape index (κ2) is 10.8. The van der Waals surface area contributed by atoms with Crippen molar-refractivity contribution in [1.29, 1.82) is 0 Å². The number of carbonyl (C=O) groups is 1. The SMILES string of the molecule is COc1ccccc1-n1cc(-c2ccccc2)c2c(N3CCN(C(=O)/C=C/c4ccccc4)CC3)ncnc21. The lowest BCUT2D eigenvalue weighted by atomic mass is 10.1. The summed E-state index contributed by atoms with van der Waals surface area (Å²) in [5.74, 6) is 1.67. The Morgan fingerprint density at radius 3 is 2.28 bits per heavy atom. The molecule has 0 aliphatic carbocycles. The van der Waals surface area contributed by atoms with Crippen molar-refractivity contribution in [2.75, 3.05) is 38.2 Å². The maximum atomic E-state index is 12.9. The molecule has 0 radical (unpaired) electrons. The van der Waals surface area contributed by atoms with E-state index in [1.165, 1.54) is 0 Å². The Morgan fingerprint density at radius 2 is 1.54 bits per heavy atom. The topological polar surface area (TPSA) is 63.5 Å². The fourth-order valence-corrected chi connectivity index (χ4v) is 5.11. The molecule has 0 saturated carbocycles. The van der Waals surface area contributed by atoms with Crippen LogP contribution in [-0.2, 0) is 4.79 Å². The van der Waals surface area contributed by atoms with Crippen molar-refractivity contribution in [3.05, 3.63) is 109 Å². The zero-order chi connectivity index (χ0) is 26.6. The fourth-order valence-electron chi connectivity index (χ4n) is 5.11. The van der Waals surface area contributed by atoms with Gasteiger partial charge in [-0.2, -0.15) is 0 Å². The highest BCUT2D eigenvalue weighted by Gasteiger charge is 2.25. The molecule has 0 spiro atoms. The van der Waals surface area contributed by atoms with Gasteiger partial charge >= 0.3 is 0 Å². The van der Waals surface area contributed by atoms with Crippen LogP contribution in [0.1, 0.15) is 5.56 Å². The third kappa shape index (κ3) is 4.86. The maximum absolute atomic E-state index is 12.9. The van der Waals surface area contributed by atoms with Crippen molar-refractivity contribution in [3.8, 4) is 22.6 Å². The first-order valence-electron chi connectivity index (χ1n) is 13.0. The molecule has 3 heterocycles. The molecule has 0 bridgehead atoms. The Balaban J connectivity index is 1.34. The fraction of sp³-hybridized carbons (Fsp3) is 0.156. The smallest absolute Gasteiger partial charge is 0.246 e. The molecule has 0 unspecified atom stereocenters. The van der Waals surface area contributed by atoms with E-state index in [0.717, 1.165) is 45.0 Å². The number of amides is 1. The summed E-state index contributed by atoms with van der Waals surface area (Å²) in [5, 5.41) is 0.985. The van der Waals surface area contributed by atoms with Crippen LogP contribution in [0, 0.1) is 0 Å². The summed E-state index contributed by atoms with van der Waals surface area (Å²) >= 11 is 0. The monoisotopic (exact) mass is 515 g/mol. The molecule has 0 N–H and O–H groups in total. The minimum Gasteiger partial charge on any atom is -0.495 e. The van der Waals surface area contributed by atoms with E-state index in [4.69, 9.17) is 14.7 Å². The maximum Gasteiger partial charge on any atom is 0.246 e. The van der Waals surface area contributed by atoms with Crippen LogP contribution in [0.15, 0.2) is 104 Å². The lowest BCUT2D eigenvalue weighted by Gasteiger charge is -2.35. The number of methoxy groups -OCH3 is 1. The molecule has 194 valence electrons. The van der Waals surface area contributed by atoms with E-state index in [1.807, 2.05) is 83.8 Å². The van der Waals surface area contributed by atoms with E-state index in [2.05, 4.69) is 27.8 Å². The number of aromatic nitrogens is 3. The van der Waals surface area contributed by atoms with E-state index in [9.17, 15) is 4.79 Å². The highest BCUT2D eigenvalue weighted by atomic mass is 16.5. The largest absolute Gasteiger partial charge is 0.495 e. The molecule has 1 aliphatic rings. The van der Waals surface area contributed by atoms with Crippen LogP contribution < -0.4 is 9.64 Å². The summed E-state index contributed by atoms with van der Waals surface area (Å²) in [7, 11) is 1.68. The van der Waals surface area contributed by atoms with Gasteiger partial charge in [-0.15, -0.1) is 0 Å². The van der Waals surface area contributed by atoms with Crippen molar-refractivity contribution in [2.24, 2.45) is 0 Å². The number of ether oxygens (including phenoxy) is 1. The average Bonchev–Trinajstić information content (AvgIpc) is 3.41. The Labute approximate surface area is 227 Å². The van der Waals surface area contributed by atoms with Crippen molar-refractivity contribution in [2.45, 2.75) is 0 Å². The lowest BCUT2D eigenvalue weighted by molar-refractivity contribution is -0.126. The van der Waals surface area contributed by atoms with Gasteiger partial charge in [-0.05, 0) is 29.3 Å². The highest BCUT2D eigenvalue weighted by Crippen LogP contribution is 2.38. The summed E-state index contributed by atoms with van der Waals surface area (Å²) in [6.45, 7) is 2.62. The third-order valence-electron chi connectivity index (χ3n) is 7.10. The van der Waals surface area contributed by atoms with Gasteiger partial charge < -0.3 is 14.5 Å². The molecule has 1 amide bonds. The Hall–Kier alpha value is -4.91. The van der Waals surface area contributed by atoms with Crippen LogP contribution in [0.25, 0.3) is 33.9 Å². The first-order valence-corrected chi connectivity index (χ1v) is 13.0. The molecule has 5 aromatic rings. The van der Waals surface area contributed by atoms with Crippen LogP contribution in [0.5, 0.6) is 5.75 Å². The van der Waals surface area contributed by atoms with Gasteiger partial charge in [-0.1, -0.05) is 72.8 Å². The van der Waals surface area contributed by atoms with Gasteiger partial charge in [0.2, 0.25) is 5.91 Å². The molecule has 7 nitrogen and oxygen atoms in total. The summed E-state index contributed by atoms with van der Waals surface area (Å²) in [4.78, 5) is 26.5. The predicted octanol–water partition coefficient (Wildman–Crippen LogP) is 5.46. The molecule has 2 aromatic heterocycles. The quantitative estimate of drug-likeness (QED) is 0.281. The van der Waals surface area contributed by atoms with Crippen molar-refractivity contribution in [1.82, 2.24) is 19.4 Å². The first kappa shape index (κ1) is 24.4. The summed E-state index contributed by atoms with van der Waals surface area (Å²) in [6, 6.07) is 28.1. The zero-order valence-corrected chi connectivity index (χ0v) is 21.8. The summed E-state index contributed by atoms with van der Waals surface area (Å²) in [5.41, 5.74) is 4.88. The van der Waals surface area contributed by atoms with E-state index >= 15 is 0 Å². The second-order valence-corrected chi connectivity index (χ2v) is 9.40. The average molecular weight is 516 g/mol. The van der Waals surface area contributed by atoms with Gasteiger partial charge in [0.25, 0.3) is 0 Å². The number of hydrogen-bond acceptors (Lipinski definition) is 5. The number of anilines is 1. The van der Waals surface area contributed by atoms with Gasteiger partial charge in [-0.25, -0.2) is 9.97 Å². The van der Waals surface area contributed by atoms with E-state index in [1.54, 1.807) is 19.5 Å². The molecular formula is C32H29N5O2. The molecular weight excluding hydrogens is 486 g/mol. The van der Waals surface area contributed by atoms with Gasteiger partial charge in [-0.3, -0.25) is 9.36 Å². The number of hydrogen-bond donors (Lipinski definition) is 0. The van der Waals surface area contributed by atoms with Crippen LogP contribution in [0.3, 0.4) is 0 Å². The predicted molar refractivity (Wildman–Crippen MR) is 155 cm³/mol. The molecule has 39 heavy (non-hydrogen) atoms. The number of nitrogens with zero attached hydrogens (tertiary/aromatic N) is 5. The molecule has 3 aromatic carbocycles. The zero-order valence-electron chi connectivity index (χ0n) is 21.8. The molecule has 0 atom stereocenters. The lowest BCUT2D eigenvalue weighted by Crippen LogP contribution is -2.48. The van der Waals surface area contributed by atoms with Crippen molar-refractivity contribution >= 4 is 28.8 Å². The van der Waals surface area contributed by atoms with Gasteiger partial charge in [0.05, 0.1) is 18.2 Å². The highest BCUT2D eigenvalue weighted by molar-refractivity contribution is 6.02. The minimum atomic E-state index is 0.0265. The number of carbonyl (C=O) groups excluding carboxylic acids is 1. The third-order valence-corrected chi connectivity index (χ3v) is 7.10. The Bertz CT molecular complexity index is 1620. The number of fused-ring (bicyclic) bond motifs is 1. The van der Waals surface area contributed by atoms with E-state index in [0.29, 0.717) is 26.2 Å². The van der Waals surface area contributed by atoms with Crippen LogP contribution in [0.2, 0.25) is 0 Å². The molecule has 1 fully saturated rings. The van der Waals surface area contributed by atoms with Crippen LogP contribution >= 0.6 is 0 Å². The standard InChI is InChI=1S/C32H29N5O2/c1-39-28-15-9-8-14-27(28)37-22-26(25-12-6-3-7-13-25)30-31(33-23-34-32(30)37)36-20-18-35(19-21-36)29(38)17-16-24-10-4-2-5-11-24/h2-17,22-23H,18-21H2,1H3/b17-16+. The van der Waals surface area contributed by atoms with Crippen LogP contribution in [-0.4, -0.2) is 58.6 Å². The van der Waals surface area contributed by atoms with E-state index in [-0.39, 0.29) is 5.91 Å².